The first-order valence-electron chi connectivity index (χ1n) is 12.2. The number of hydrogen-bond acceptors (Lipinski definition) is 7. The van der Waals surface area contributed by atoms with Crippen molar-refractivity contribution < 1.29 is 13.9 Å². The van der Waals surface area contributed by atoms with Gasteiger partial charge in [0.05, 0.1) is 18.0 Å². The molecule has 9 heteroatoms. The van der Waals surface area contributed by atoms with Crippen LogP contribution >= 0.6 is 11.8 Å². The van der Waals surface area contributed by atoms with Gasteiger partial charge in [0, 0.05) is 56.7 Å². The van der Waals surface area contributed by atoms with Crippen LogP contribution in [0.15, 0.2) is 59.8 Å². The first-order chi connectivity index (χ1) is 17.6. The number of amides is 1. The number of rotatable bonds is 9. The Bertz CT molecular complexity index is 1200. The fourth-order valence-corrected chi connectivity index (χ4v) is 5.02. The van der Waals surface area contributed by atoms with Crippen molar-refractivity contribution in [2.45, 2.75) is 36.4 Å². The van der Waals surface area contributed by atoms with Gasteiger partial charge in [-0.2, -0.15) is 0 Å². The molecular weight excluding hydrogens is 477 g/mol. The first kappa shape index (κ1) is 24.5. The van der Waals surface area contributed by atoms with Crippen LogP contribution in [0.5, 0.6) is 0 Å². The minimum Gasteiger partial charge on any atom is -0.378 e. The molecule has 0 unspecified atom stereocenters. The molecule has 0 atom stereocenters. The second kappa shape index (κ2) is 11.3. The van der Waals surface area contributed by atoms with E-state index >= 15 is 0 Å². The summed E-state index contributed by atoms with van der Waals surface area (Å²) in [6, 6.07) is 16.9. The van der Waals surface area contributed by atoms with Crippen molar-refractivity contribution in [1.29, 1.82) is 0 Å². The Labute approximate surface area is 215 Å². The van der Waals surface area contributed by atoms with Crippen molar-refractivity contribution in [2.24, 2.45) is 0 Å². The van der Waals surface area contributed by atoms with E-state index in [1.807, 2.05) is 42.5 Å². The average molecular weight is 508 g/mol. The maximum Gasteiger partial charge on any atom is 0.251 e. The van der Waals surface area contributed by atoms with Crippen molar-refractivity contribution in [2.75, 3.05) is 43.1 Å². The van der Waals surface area contributed by atoms with Gasteiger partial charge in [-0.25, -0.2) is 14.4 Å². The summed E-state index contributed by atoms with van der Waals surface area (Å²) in [5, 5.41) is 3.70. The summed E-state index contributed by atoms with van der Waals surface area (Å²) < 4.78 is 19.5. The Morgan fingerprint density at radius 2 is 1.78 bits per heavy atom. The number of para-hydroxylation sites is 1. The number of methoxy groups -OCH3 is 1. The van der Waals surface area contributed by atoms with Crippen LogP contribution in [0.3, 0.4) is 0 Å². The number of carbonyl (C=O) groups is 1. The lowest BCUT2D eigenvalue weighted by atomic mass is 10.1. The molecule has 2 fully saturated rings. The van der Waals surface area contributed by atoms with E-state index in [1.165, 1.54) is 6.07 Å². The molecule has 1 amide bonds. The molecule has 0 radical (unpaired) electrons. The van der Waals surface area contributed by atoms with Crippen LogP contribution in [-0.4, -0.2) is 55.2 Å². The van der Waals surface area contributed by atoms with Gasteiger partial charge in [-0.05, 0) is 42.7 Å². The molecule has 1 aromatic heterocycles. The number of thioether (sulfide) groups is 1. The molecule has 2 aromatic carbocycles. The van der Waals surface area contributed by atoms with E-state index < -0.39 is 0 Å². The highest BCUT2D eigenvalue weighted by atomic mass is 32.2. The number of ether oxygens (including phenoxy) is 1. The molecule has 1 aliphatic carbocycles. The lowest BCUT2D eigenvalue weighted by molar-refractivity contribution is 0.0951. The standard InChI is InChI=1S/C27H30FN5O2S/c1-35-17-22-16-25(33-14-12-32(13-15-33)24-5-3-2-4-23(24)28)31-27(30-22)36-18-19-6-8-20(9-7-19)26(34)29-21-10-11-21/h2-9,16,21H,10-15,17-18H2,1H3,(H,29,34). The molecular formula is C27H30FN5O2S. The summed E-state index contributed by atoms with van der Waals surface area (Å²) in [5.41, 5.74) is 3.26. The zero-order valence-corrected chi connectivity index (χ0v) is 21.1. The van der Waals surface area contributed by atoms with Crippen molar-refractivity contribution in [3.05, 3.63) is 77.2 Å². The number of benzene rings is 2. The zero-order valence-electron chi connectivity index (χ0n) is 20.3. The van der Waals surface area contributed by atoms with Gasteiger partial charge in [0.25, 0.3) is 5.91 Å². The summed E-state index contributed by atoms with van der Waals surface area (Å²) in [6.45, 7) is 3.32. The molecule has 1 N–H and O–H groups in total. The highest BCUT2D eigenvalue weighted by molar-refractivity contribution is 7.98. The number of anilines is 2. The Kier molecular flexibility index (Phi) is 7.67. The summed E-state index contributed by atoms with van der Waals surface area (Å²) in [5.74, 6) is 1.36. The largest absolute Gasteiger partial charge is 0.378 e. The highest BCUT2D eigenvalue weighted by Crippen LogP contribution is 2.26. The molecule has 1 saturated carbocycles. The van der Waals surface area contributed by atoms with Crippen molar-refractivity contribution >= 4 is 29.2 Å². The number of aromatic nitrogens is 2. The third-order valence-corrected chi connectivity index (χ3v) is 7.25. The average Bonchev–Trinajstić information content (AvgIpc) is 3.72. The molecule has 0 bridgehead atoms. The summed E-state index contributed by atoms with van der Waals surface area (Å²) in [7, 11) is 1.66. The number of halogens is 1. The van der Waals surface area contributed by atoms with Gasteiger partial charge in [-0.1, -0.05) is 36.0 Å². The molecule has 36 heavy (non-hydrogen) atoms. The third-order valence-electron chi connectivity index (χ3n) is 6.33. The highest BCUT2D eigenvalue weighted by Gasteiger charge is 2.24. The van der Waals surface area contributed by atoms with E-state index in [0.717, 1.165) is 43.0 Å². The van der Waals surface area contributed by atoms with E-state index in [9.17, 15) is 9.18 Å². The van der Waals surface area contributed by atoms with Crippen LogP contribution in [0.4, 0.5) is 15.9 Å². The number of hydrogen-bond donors (Lipinski definition) is 1. The van der Waals surface area contributed by atoms with E-state index in [-0.39, 0.29) is 11.7 Å². The quantitative estimate of drug-likeness (QED) is 0.343. The van der Waals surface area contributed by atoms with Gasteiger partial charge in [-0.3, -0.25) is 4.79 Å². The van der Waals surface area contributed by atoms with Crippen LogP contribution in [0, 0.1) is 5.82 Å². The van der Waals surface area contributed by atoms with E-state index in [0.29, 0.717) is 47.9 Å². The minimum absolute atomic E-state index is 0.00737. The topological polar surface area (TPSA) is 70.6 Å². The van der Waals surface area contributed by atoms with Crippen molar-refractivity contribution in [1.82, 2.24) is 15.3 Å². The lowest BCUT2D eigenvalue weighted by Crippen LogP contribution is -2.47. The van der Waals surface area contributed by atoms with Gasteiger partial charge in [0.15, 0.2) is 5.16 Å². The predicted molar refractivity (Wildman–Crippen MR) is 140 cm³/mol. The van der Waals surface area contributed by atoms with Crippen LogP contribution < -0.4 is 15.1 Å². The second-order valence-corrected chi connectivity index (χ2v) is 10.0. The number of nitrogens with zero attached hydrogens (tertiary/aromatic N) is 4. The normalized spacial score (nSPS) is 15.7. The Hall–Kier alpha value is -3.17. The number of piperazine rings is 1. The molecule has 2 heterocycles. The molecule has 1 aliphatic heterocycles. The maximum atomic E-state index is 14.2. The van der Waals surface area contributed by atoms with Gasteiger partial charge in [0.2, 0.25) is 0 Å². The second-order valence-electron chi connectivity index (χ2n) is 9.09. The van der Waals surface area contributed by atoms with Gasteiger partial charge in [-0.15, -0.1) is 0 Å². The Morgan fingerprint density at radius 1 is 1.06 bits per heavy atom. The van der Waals surface area contributed by atoms with Crippen LogP contribution in [0.2, 0.25) is 0 Å². The Morgan fingerprint density at radius 3 is 2.47 bits per heavy atom. The molecule has 1 saturated heterocycles. The first-order valence-corrected chi connectivity index (χ1v) is 13.2. The van der Waals surface area contributed by atoms with Gasteiger partial charge >= 0.3 is 0 Å². The predicted octanol–water partition coefficient (Wildman–Crippen LogP) is 4.27. The van der Waals surface area contributed by atoms with E-state index in [2.05, 4.69) is 20.1 Å². The number of nitrogens with one attached hydrogen (secondary N) is 1. The summed E-state index contributed by atoms with van der Waals surface area (Å²) >= 11 is 1.56. The van der Waals surface area contributed by atoms with Crippen molar-refractivity contribution in [3.63, 3.8) is 0 Å². The van der Waals surface area contributed by atoms with Crippen LogP contribution in [0.1, 0.15) is 34.5 Å². The Balaban J connectivity index is 1.23. The SMILES string of the molecule is COCc1cc(N2CCN(c3ccccc3F)CC2)nc(SCc2ccc(C(=O)NC3CC3)cc2)n1. The molecule has 188 valence electrons. The lowest BCUT2D eigenvalue weighted by Gasteiger charge is -2.37. The summed E-state index contributed by atoms with van der Waals surface area (Å²) in [6.07, 6.45) is 2.15. The fraction of sp³-hybridized carbons (Fsp3) is 0.370. The molecule has 2 aliphatic rings. The molecule has 0 spiro atoms. The summed E-state index contributed by atoms with van der Waals surface area (Å²) in [4.78, 5) is 26.0. The van der Waals surface area contributed by atoms with E-state index in [1.54, 1.807) is 24.9 Å². The third kappa shape index (κ3) is 6.14. The van der Waals surface area contributed by atoms with Gasteiger partial charge in [0.1, 0.15) is 11.6 Å². The van der Waals surface area contributed by atoms with Gasteiger partial charge < -0.3 is 19.9 Å². The smallest absolute Gasteiger partial charge is 0.251 e. The zero-order chi connectivity index (χ0) is 24.9. The van der Waals surface area contributed by atoms with Crippen molar-refractivity contribution in [3.8, 4) is 0 Å². The number of carbonyl (C=O) groups excluding carboxylic acids is 1. The fourth-order valence-electron chi connectivity index (χ4n) is 4.19. The molecule has 3 aromatic rings. The monoisotopic (exact) mass is 507 g/mol. The van der Waals surface area contributed by atoms with E-state index in [4.69, 9.17) is 9.72 Å². The van der Waals surface area contributed by atoms with Crippen LogP contribution in [0.25, 0.3) is 0 Å². The molecule has 5 rings (SSSR count). The molecule has 7 nitrogen and oxygen atoms in total. The van der Waals surface area contributed by atoms with Crippen LogP contribution in [-0.2, 0) is 17.1 Å². The minimum atomic E-state index is -0.189. The maximum absolute atomic E-state index is 14.2.